The Morgan fingerprint density at radius 3 is 2.14 bits per heavy atom. The van der Waals surface area contributed by atoms with Gasteiger partial charge < -0.3 is 14.8 Å². The molecular weight excluding hydrogens is 284 g/mol. The lowest BCUT2D eigenvalue weighted by atomic mass is 9.97. The van der Waals surface area contributed by atoms with Gasteiger partial charge in [0.25, 0.3) is 0 Å². The van der Waals surface area contributed by atoms with Crippen LogP contribution < -0.4 is 10.6 Å². The molecule has 0 amide bonds. The predicted octanol–water partition coefficient (Wildman–Crippen LogP) is 1.49. The average molecular weight is 316 g/mol. The molecule has 6 nitrogen and oxygen atoms in total. The Labute approximate surface area is 134 Å². The first-order chi connectivity index (χ1) is 9.94. The zero-order chi connectivity index (χ0) is 17.4. The molecule has 130 valence electrons. The maximum absolute atomic E-state index is 11.9. The molecule has 0 bridgehead atoms. The van der Waals surface area contributed by atoms with Crippen LogP contribution in [0.15, 0.2) is 0 Å². The van der Waals surface area contributed by atoms with Crippen LogP contribution in [0, 0.1) is 5.41 Å². The normalized spacial score (nSPS) is 13.6. The van der Waals surface area contributed by atoms with Crippen molar-refractivity contribution in [2.45, 2.75) is 60.1 Å². The molecule has 1 atom stereocenters. The van der Waals surface area contributed by atoms with Gasteiger partial charge in [0, 0.05) is 13.1 Å². The lowest BCUT2D eigenvalue weighted by Crippen LogP contribution is -2.49. The number of ether oxygens (including phenoxy) is 2. The molecule has 0 rings (SSSR count). The van der Waals surface area contributed by atoms with Crippen molar-refractivity contribution in [2.75, 3.05) is 26.2 Å². The maximum Gasteiger partial charge on any atom is 0.324 e. The second-order valence-electron chi connectivity index (χ2n) is 7.46. The number of esters is 2. The number of rotatable bonds is 8. The van der Waals surface area contributed by atoms with E-state index in [-0.39, 0.29) is 17.9 Å². The fraction of sp³-hybridized carbons (Fsp3) is 0.875. The van der Waals surface area contributed by atoms with Crippen molar-refractivity contribution in [1.29, 1.82) is 0 Å². The van der Waals surface area contributed by atoms with E-state index in [0.717, 1.165) is 6.54 Å². The van der Waals surface area contributed by atoms with Gasteiger partial charge in [-0.05, 0) is 33.1 Å². The van der Waals surface area contributed by atoms with E-state index in [1.54, 1.807) is 27.7 Å². The fourth-order valence-electron chi connectivity index (χ4n) is 1.66. The van der Waals surface area contributed by atoms with Crippen molar-refractivity contribution in [3.05, 3.63) is 0 Å². The van der Waals surface area contributed by atoms with Crippen LogP contribution in [0.1, 0.15) is 48.5 Å². The molecule has 0 spiro atoms. The van der Waals surface area contributed by atoms with E-state index in [4.69, 9.17) is 9.47 Å². The Kier molecular flexibility index (Phi) is 8.63. The number of hydrogen-bond acceptors (Lipinski definition) is 6. The summed E-state index contributed by atoms with van der Waals surface area (Å²) in [6, 6.07) is -0.574. The minimum atomic E-state index is -0.574. The summed E-state index contributed by atoms with van der Waals surface area (Å²) in [5.74, 6) is -0.759. The topological polar surface area (TPSA) is 76.7 Å². The van der Waals surface area contributed by atoms with Crippen LogP contribution in [-0.4, -0.2) is 49.8 Å². The van der Waals surface area contributed by atoms with E-state index >= 15 is 0 Å². The monoisotopic (exact) mass is 316 g/mol. The lowest BCUT2D eigenvalue weighted by molar-refractivity contribution is -0.154. The highest BCUT2D eigenvalue weighted by Gasteiger charge is 2.23. The number of nitrogens with one attached hydrogen (secondary N) is 2. The Morgan fingerprint density at radius 1 is 1.09 bits per heavy atom. The average Bonchev–Trinajstić information content (AvgIpc) is 2.29. The van der Waals surface area contributed by atoms with Crippen LogP contribution >= 0.6 is 0 Å². The smallest absolute Gasteiger partial charge is 0.324 e. The van der Waals surface area contributed by atoms with Crippen molar-refractivity contribution in [3.8, 4) is 0 Å². The van der Waals surface area contributed by atoms with Crippen molar-refractivity contribution in [2.24, 2.45) is 5.41 Å². The second-order valence-corrected chi connectivity index (χ2v) is 7.46. The van der Waals surface area contributed by atoms with E-state index in [1.807, 2.05) is 0 Å². The first-order valence-electron chi connectivity index (χ1n) is 7.77. The molecule has 0 aromatic rings. The van der Waals surface area contributed by atoms with Crippen molar-refractivity contribution in [1.82, 2.24) is 10.6 Å². The van der Waals surface area contributed by atoms with Gasteiger partial charge in [0.15, 0.2) is 0 Å². The summed E-state index contributed by atoms with van der Waals surface area (Å²) in [5.41, 5.74) is -0.424. The predicted molar refractivity (Wildman–Crippen MR) is 86.6 cm³/mol. The van der Waals surface area contributed by atoms with Gasteiger partial charge in [0.05, 0.1) is 13.2 Å². The van der Waals surface area contributed by atoms with Gasteiger partial charge in [-0.15, -0.1) is 0 Å². The molecule has 0 radical (unpaired) electrons. The maximum atomic E-state index is 11.9. The molecule has 0 aliphatic heterocycles. The zero-order valence-corrected chi connectivity index (χ0v) is 15.0. The fourth-order valence-corrected chi connectivity index (χ4v) is 1.66. The minimum Gasteiger partial charge on any atom is -0.465 e. The Bertz CT molecular complexity index is 356. The standard InChI is InChI=1S/C16H32N2O4/c1-8-21-14(20)12(9-17-11-15(2,3)4)18-10-13(19)22-16(5,6)7/h12,17-18H,8-11H2,1-7H3. The number of carbonyl (C=O) groups is 2. The molecule has 0 aromatic heterocycles. The van der Waals surface area contributed by atoms with Gasteiger partial charge in [0.1, 0.15) is 11.6 Å². The molecule has 6 heteroatoms. The molecule has 22 heavy (non-hydrogen) atoms. The quantitative estimate of drug-likeness (QED) is 0.661. The van der Waals surface area contributed by atoms with Gasteiger partial charge in [0.2, 0.25) is 0 Å². The van der Waals surface area contributed by atoms with Crippen LogP contribution in [0.25, 0.3) is 0 Å². The largest absolute Gasteiger partial charge is 0.465 e. The molecule has 0 saturated carbocycles. The summed E-state index contributed by atoms with van der Waals surface area (Å²) in [7, 11) is 0. The third kappa shape index (κ3) is 11.5. The summed E-state index contributed by atoms with van der Waals surface area (Å²) in [6.45, 7) is 14.9. The summed E-state index contributed by atoms with van der Waals surface area (Å²) >= 11 is 0. The van der Waals surface area contributed by atoms with Gasteiger partial charge in [-0.2, -0.15) is 0 Å². The SMILES string of the molecule is CCOC(=O)C(CNCC(C)(C)C)NCC(=O)OC(C)(C)C. The first kappa shape index (κ1) is 20.9. The van der Waals surface area contributed by atoms with E-state index in [0.29, 0.717) is 13.2 Å². The lowest BCUT2D eigenvalue weighted by Gasteiger charge is -2.23. The summed E-state index contributed by atoms with van der Waals surface area (Å²) in [5, 5.41) is 6.12. The Hall–Kier alpha value is -1.14. The second kappa shape index (κ2) is 9.10. The van der Waals surface area contributed by atoms with Crippen LogP contribution in [0.3, 0.4) is 0 Å². The highest BCUT2D eigenvalue weighted by molar-refractivity contribution is 5.78. The summed E-state index contributed by atoms with van der Waals surface area (Å²) < 4.78 is 10.2. The molecule has 1 unspecified atom stereocenters. The molecule has 0 aliphatic rings. The van der Waals surface area contributed by atoms with Crippen LogP contribution in [-0.2, 0) is 19.1 Å². The number of carbonyl (C=O) groups excluding carboxylic acids is 2. The summed E-state index contributed by atoms with van der Waals surface area (Å²) in [6.07, 6.45) is 0. The molecule has 0 fully saturated rings. The van der Waals surface area contributed by atoms with Gasteiger partial charge >= 0.3 is 11.9 Å². The Morgan fingerprint density at radius 2 is 1.68 bits per heavy atom. The van der Waals surface area contributed by atoms with Gasteiger partial charge in [-0.1, -0.05) is 20.8 Å². The molecule has 0 aromatic carbocycles. The molecule has 0 aliphatic carbocycles. The van der Waals surface area contributed by atoms with Crippen molar-refractivity contribution < 1.29 is 19.1 Å². The van der Waals surface area contributed by atoms with Gasteiger partial charge in [-0.3, -0.25) is 14.9 Å². The Balaban J connectivity index is 4.41. The van der Waals surface area contributed by atoms with E-state index in [2.05, 4.69) is 31.4 Å². The first-order valence-corrected chi connectivity index (χ1v) is 7.77. The van der Waals surface area contributed by atoms with Crippen molar-refractivity contribution >= 4 is 11.9 Å². The van der Waals surface area contributed by atoms with E-state index < -0.39 is 17.6 Å². The summed E-state index contributed by atoms with van der Waals surface area (Å²) in [4.78, 5) is 23.6. The number of hydrogen-bond donors (Lipinski definition) is 2. The highest BCUT2D eigenvalue weighted by Crippen LogP contribution is 2.10. The highest BCUT2D eigenvalue weighted by atomic mass is 16.6. The van der Waals surface area contributed by atoms with E-state index in [1.165, 1.54) is 0 Å². The van der Waals surface area contributed by atoms with Crippen LogP contribution in [0.5, 0.6) is 0 Å². The van der Waals surface area contributed by atoms with Gasteiger partial charge in [-0.25, -0.2) is 0 Å². The third-order valence-corrected chi connectivity index (χ3v) is 2.49. The minimum absolute atomic E-state index is 0.0298. The third-order valence-electron chi connectivity index (χ3n) is 2.49. The molecular formula is C16H32N2O4. The van der Waals surface area contributed by atoms with E-state index in [9.17, 15) is 9.59 Å². The van der Waals surface area contributed by atoms with Crippen LogP contribution in [0.4, 0.5) is 0 Å². The van der Waals surface area contributed by atoms with Crippen LogP contribution in [0.2, 0.25) is 0 Å². The molecule has 0 saturated heterocycles. The van der Waals surface area contributed by atoms with Crippen molar-refractivity contribution in [3.63, 3.8) is 0 Å². The molecule has 0 heterocycles. The zero-order valence-electron chi connectivity index (χ0n) is 15.0. The molecule has 2 N–H and O–H groups in total.